The summed E-state index contributed by atoms with van der Waals surface area (Å²) in [6, 6.07) is 17.7. The Hall–Kier alpha value is -4.00. The summed E-state index contributed by atoms with van der Waals surface area (Å²) in [5.41, 5.74) is 2.74. The second-order valence-corrected chi connectivity index (χ2v) is 9.49. The summed E-state index contributed by atoms with van der Waals surface area (Å²) in [6.45, 7) is 5.40. The fraction of sp³-hybridized carbons (Fsp3) is 0.250. The van der Waals surface area contributed by atoms with Gasteiger partial charge in [0.15, 0.2) is 0 Å². The number of esters is 1. The predicted molar refractivity (Wildman–Crippen MR) is 134 cm³/mol. The SMILES string of the molecule is CC(C)(C)OC(=O)C[C@@H](Cc1ccccc1)C(=O)Nc1ccc(-c2c[nH]c3cc(F)ccc23)cn1. The van der Waals surface area contributed by atoms with Crippen molar-refractivity contribution >= 4 is 28.6 Å². The van der Waals surface area contributed by atoms with Crippen LogP contribution in [-0.2, 0) is 20.7 Å². The lowest BCUT2D eigenvalue weighted by Gasteiger charge is -2.22. The van der Waals surface area contributed by atoms with E-state index < -0.39 is 17.5 Å². The molecule has 2 aromatic carbocycles. The fourth-order valence-electron chi connectivity index (χ4n) is 3.93. The van der Waals surface area contributed by atoms with E-state index in [0.29, 0.717) is 17.8 Å². The zero-order valence-electron chi connectivity index (χ0n) is 20.0. The predicted octanol–water partition coefficient (Wildman–Crippen LogP) is 5.90. The van der Waals surface area contributed by atoms with Crippen molar-refractivity contribution in [2.45, 2.75) is 39.2 Å². The normalized spacial score (nSPS) is 12.3. The Labute approximate surface area is 203 Å². The minimum absolute atomic E-state index is 0.0397. The molecule has 6 nitrogen and oxygen atoms in total. The van der Waals surface area contributed by atoms with Crippen molar-refractivity contribution in [2.75, 3.05) is 5.32 Å². The Morgan fingerprint density at radius 3 is 2.54 bits per heavy atom. The molecule has 0 aliphatic carbocycles. The Kier molecular flexibility index (Phi) is 6.96. The van der Waals surface area contributed by atoms with Gasteiger partial charge in [0.2, 0.25) is 5.91 Å². The van der Waals surface area contributed by atoms with E-state index in [1.54, 1.807) is 45.3 Å². The third kappa shape index (κ3) is 6.32. The zero-order chi connectivity index (χ0) is 25.0. The third-order valence-electron chi connectivity index (χ3n) is 5.50. The molecule has 0 aliphatic rings. The number of anilines is 1. The quantitative estimate of drug-likeness (QED) is 0.328. The highest BCUT2D eigenvalue weighted by Gasteiger charge is 2.26. The van der Waals surface area contributed by atoms with Gasteiger partial charge in [-0.25, -0.2) is 9.37 Å². The third-order valence-corrected chi connectivity index (χ3v) is 5.50. The van der Waals surface area contributed by atoms with Crippen molar-refractivity contribution in [1.82, 2.24) is 9.97 Å². The van der Waals surface area contributed by atoms with E-state index in [-0.39, 0.29) is 18.1 Å². The maximum absolute atomic E-state index is 13.5. The molecule has 2 N–H and O–H groups in total. The number of H-pyrrole nitrogens is 1. The molecule has 0 spiro atoms. The van der Waals surface area contributed by atoms with Crippen molar-refractivity contribution in [3.05, 3.63) is 84.4 Å². The number of fused-ring (bicyclic) bond motifs is 1. The molecule has 1 atom stereocenters. The van der Waals surface area contributed by atoms with Gasteiger partial charge in [-0.05, 0) is 63.1 Å². The zero-order valence-corrected chi connectivity index (χ0v) is 20.0. The molecule has 0 radical (unpaired) electrons. The van der Waals surface area contributed by atoms with Crippen LogP contribution in [0.2, 0.25) is 0 Å². The van der Waals surface area contributed by atoms with Gasteiger partial charge in [0.1, 0.15) is 17.2 Å². The van der Waals surface area contributed by atoms with E-state index in [9.17, 15) is 14.0 Å². The monoisotopic (exact) mass is 473 g/mol. The van der Waals surface area contributed by atoms with E-state index in [0.717, 1.165) is 22.1 Å². The summed E-state index contributed by atoms with van der Waals surface area (Å²) < 4.78 is 18.9. The maximum atomic E-state index is 13.5. The number of aromatic nitrogens is 2. The molecule has 0 aliphatic heterocycles. The van der Waals surface area contributed by atoms with Gasteiger partial charge in [0, 0.05) is 34.4 Å². The van der Waals surface area contributed by atoms with Gasteiger partial charge in [0.05, 0.1) is 12.3 Å². The molecule has 0 bridgehead atoms. The lowest BCUT2D eigenvalue weighted by atomic mass is 9.95. The number of ether oxygens (including phenoxy) is 1. The Balaban J connectivity index is 1.49. The second-order valence-electron chi connectivity index (χ2n) is 9.49. The maximum Gasteiger partial charge on any atom is 0.307 e. The van der Waals surface area contributed by atoms with Crippen LogP contribution in [0.3, 0.4) is 0 Å². The summed E-state index contributed by atoms with van der Waals surface area (Å²) in [5.74, 6) is -1.27. The smallest absolute Gasteiger partial charge is 0.307 e. The van der Waals surface area contributed by atoms with Crippen LogP contribution in [0, 0.1) is 11.7 Å². The molecular formula is C28H28FN3O3. The first-order valence-corrected chi connectivity index (χ1v) is 11.5. The van der Waals surface area contributed by atoms with Crippen LogP contribution in [0.5, 0.6) is 0 Å². The first-order chi connectivity index (χ1) is 16.7. The number of hydrogen-bond acceptors (Lipinski definition) is 4. The van der Waals surface area contributed by atoms with Crippen LogP contribution in [0.4, 0.5) is 10.2 Å². The molecule has 35 heavy (non-hydrogen) atoms. The lowest BCUT2D eigenvalue weighted by Crippen LogP contribution is -2.31. The minimum atomic E-state index is -0.629. The van der Waals surface area contributed by atoms with Gasteiger partial charge < -0.3 is 15.0 Å². The van der Waals surface area contributed by atoms with Crippen molar-refractivity contribution in [3.63, 3.8) is 0 Å². The number of pyridine rings is 1. The first-order valence-electron chi connectivity index (χ1n) is 11.5. The van der Waals surface area contributed by atoms with E-state index in [2.05, 4.69) is 15.3 Å². The topological polar surface area (TPSA) is 84.1 Å². The summed E-state index contributed by atoms with van der Waals surface area (Å²) in [5, 5.41) is 3.71. The van der Waals surface area contributed by atoms with Crippen LogP contribution in [0.1, 0.15) is 32.8 Å². The van der Waals surface area contributed by atoms with Gasteiger partial charge in [-0.3, -0.25) is 9.59 Å². The van der Waals surface area contributed by atoms with Crippen molar-refractivity contribution in [3.8, 4) is 11.1 Å². The number of amides is 1. The molecule has 0 saturated heterocycles. The Bertz CT molecular complexity index is 1330. The first kappa shape index (κ1) is 24.1. The Morgan fingerprint density at radius 1 is 1.09 bits per heavy atom. The number of nitrogens with zero attached hydrogens (tertiary/aromatic N) is 1. The number of nitrogens with one attached hydrogen (secondary N) is 2. The van der Waals surface area contributed by atoms with Crippen molar-refractivity contribution in [2.24, 2.45) is 5.92 Å². The van der Waals surface area contributed by atoms with Crippen molar-refractivity contribution < 1.29 is 18.7 Å². The minimum Gasteiger partial charge on any atom is -0.460 e. The molecule has 7 heteroatoms. The summed E-state index contributed by atoms with van der Waals surface area (Å²) in [6.07, 6.45) is 3.82. The van der Waals surface area contributed by atoms with E-state index in [1.807, 2.05) is 36.4 Å². The highest BCUT2D eigenvalue weighted by Crippen LogP contribution is 2.29. The van der Waals surface area contributed by atoms with E-state index >= 15 is 0 Å². The van der Waals surface area contributed by atoms with Crippen LogP contribution in [0.25, 0.3) is 22.0 Å². The van der Waals surface area contributed by atoms with Gasteiger partial charge >= 0.3 is 5.97 Å². The van der Waals surface area contributed by atoms with Gasteiger partial charge in [0.25, 0.3) is 0 Å². The average Bonchev–Trinajstić information content (AvgIpc) is 3.21. The fourth-order valence-corrected chi connectivity index (χ4v) is 3.93. The standard InChI is InChI=1S/C28H28FN3O3/c1-28(2,3)35-26(33)14-20(13-18-7-5-4-6-8-18)27(34)32-25-12-9-19(16-31-25)23-17-30-24-15-21(29)10-11-22(23)24/h4-12,15-17,20,30H,13-14H2,1-3H3,(H,31,32,34)/t20-/m1/s1. The second kappa shape index (κ2) is 10.1. The van der Waals surface area contributed by atoms with Gasteiger partial charge in [-0.2, -0.15) is 0 Å². The number of benzene rings is 2. The number of carbonyl (C=O) groups is 2. The molecule has 4 rings (SSSR count). The number of carbonyl (C=O) groups excluding carboxylic acids is 2. The van der Waals surface area contributed by atoms with Gasteiger partial charge in [-0.1, -0.05) is 30.3 Å². The molecule has 0 unspecified atom stereocenters. The molecule has 2 aromatic heterocycles. The molecular weight excluding hydrogens is 445 g/mol. The summed E-state index contributed by atoms with van der Waals surface area (Å²) >= 11 is 0. The molecule has 2 heterocycles. The van der Waals surface area contributed by atoms with Crippen LogP contribution in [-0.4, -0.2) is 27.4 Å². The molecule has 4 aromatic rings. The summed E-state index contributed by atoms with van der Waals surface area (Å²) in [4.78, 5) is 33.1. The molecule has 1 amide bonds. The van der Waals surface area contributed by atoms with Crippen LogP contribution >= 0.6 is 0 Å². The van der Waals surface area contributed by atoms with E-state index in [4.69, 9.17) is 4.74 Å². The molecule has 0 fully saturated rings. The molecule has 180 valence electrons. The largest absolute Gasteiger partial charge is 0.460 e. The average molecular weight is 474 g/mol. The van der Waals surface area contributed by atoms with E-state index in [1.165, 1.54) is 12.1 Å². The van der Waals surface area contributed by atoms with Crippen LogP contribution in [0.15, 0.2) is 73.1 Å². The highest BCUT2D eigenvalue weighted by atomic mass is 19.1. The molecule has 0 saturated carbocycles. The number of halogens is 1. The number of aromatic amines is 1. The summed E-state index contributed by atoms with van der Waals surface area (Å²) in [7, 11) is 0. The Morgan fingerprint density at radius 2 is 1.86 bits per heavy atom. The van der Waals surface area contributed by atoms with Crippen molar-refractivity contribution in [1.29, 1.82) is 0 Å². The van der Waals surface area contributed by atoms with Crippen LogP contribution < -0.4 is 5.32 Å². The lowest BCUT2D eigenvalue weighted by molar-refractivity contribution is -0.157. The highest BCUT2D eigenvalue weighted by molar-refractivity contribution is 5.96. The van der Waals surface area contributed by atoms with Gasteiger partial charge in [-0.15, -0.1) is 0 Å². The number of rotatable bonds is 7. The number of hydrogen-bond donors (Lipinski definition) is 2.